The molecule has 0 aliphatic carbocycles. The van der Waals surface area contributed by atoms with E-state index in [0.717, 1.165) is 0 Å². The van der Waals surface area contributed by atoms with E-state index < -0.39 is 5.97 Å². The van der Waals surface area contributed by atoms with E-state index >= 15 is 0 Å². The number of carbonyl (C=O) groups excluding carboxylic acids is 1. The van der Waals surface area contributed by atoms with Gasteiger partial charge in [0.1, 0.15) is 0 Å². The summed E-state index contributed by atoms with van der Waals surface area (Å²) in [4.78, 5) is 15.6. The van der Waals surface area contributed by atoms with Gasteiger partial charge in [-0.2, -0.15) is 0 Å². The Morgan fingerprint density at radius 2 is 2.00 bits per heavy atom. The molecule has 0 saturated heterocycles. The van der Waals surface area contributed by atoms with Crippen molar-refractivity contribution in [2.24, 2.45) is 5.06 Å². The Kier molecular flexibility index (Phi) is 3.27. The second kappa shape index (κ2) is 4.45. The average Bonchev–Trinajstić information content (AvgIpc) is 2.21. The van der Waals surface area contributed by atoms with Gasteiger partial charge in [-0.1, -0.05) is 0 Å². The number of nitrogens with zero attached hydrogens (tertiary/aromatic N) is 1. The van der Waals surface area contributed by atoms with Gasteiger partial charge in [0.15, 0.2) is 0 Å². The van der Waals surface area contributed by atoms with E-state index in [1.165, 1.54) is 19.2 Å². The van der Waals surface area contributed by atoms with E-state index in [0.29, 0.717) is 5.69 Å². The Morgan fingerprint density at radius 1 is 1.40 bits per heavy atom. The third-order valence-corrected chi connectivity index (χ3v) is 1.76. The van der Waals surface area contributed by atoms with Crippen molar-refractivity contribution in [3.05, 3.63) is 17.7 Å². The fraction of sp³-hybridized carbons (Fsp3) is 0.125. The first kappa shape index (κ1) is 11.0. The molecule has 15 heavy (non-hydrogen) atoms. The van der Waals surface area contributed by atoms with Gasteiger partial charge < -0.3 is 0 Å². The summed E-state index contributed by atoms with van der Waals surface area (Å²) >= 11 is 0. The minimum atomic E-state index is -0.763. The zero-order valence-electron chi connectivity index (χ0n) is 8.06. The summed E-state index contributed by atoms with van der Waals surface area (Å²) in [5.41, 5.74) is 11.7. The van der Waals surface area contributed by atoms with Gasteiger partial charge in [0.25, 0.3) is 0 Å². The van der Waals surface area contributed by atoms with Crippen molar-refractivity contribution in [2.75, 3.05) is 18.6 Å². The molecule has 7 heteroatoms. The van der Waals surface area contributed by atoms with Gasteiger partial charge in [0.2, 0.25) is 0 Å². The van der Waals surface area contributed by atoms with Gasteiger partial charge in [-0.15, -0.1) is 0 Å². The van der Waals surface area contributed by atoms with Crippen molar-refractivity contribution in [2.45, 2.75) is 0 Å². The van der Waals surface area contributed by atoms with Crippen LogP contribution < -0.4 is 16.2 Å². The number of carbonyl (C=O) groups is 1. The van der Waals surface area contributed by atoms with Gasteiger partial charge >= 0.3 is 86.4 Å². The molecule has 6 nitrogen and oxygen atoms in total. The van der Waals surface area contributed by atoms with Crippen molar-refractivity contribution in [1.29, 1.82) is 0 Å². The molecule has 0 spiro atoms. The molecule has 0 bridgehead atoms. The van der Waals surface area contributed by atoms with Gasteiger partial charge in [-0.3, -0.25) is 0 Å². The first-order valence-corrected chi connectivity index (χ1v) is 3.94. The van der Waals surface area contributed by atoms with Crippen LogP contribution in [0.5, 0.6) is 5.75 Å². The maximum atomic E-state index is 11.3. The summed E-state index contributed by atoms with van der Waals surface area (Å²) in [6.07, 6.45) is 0. The fourth-order valence-electron chi connectivity index (χ4n) is 1.04. The van der Waals surface area contributed by atoms with E-state index in [1.807, 2.05) is 0 Å². The molecule has 1 radical (unpaired) electrons. The fourth-order valence-corrected chi connectivity index (χ4v) is 1.04. The summed E-state index contributed by atoms with van der Waals surface area (Å²) < 4.78 is 4.93. The molecular weight excluding hydrogens is 197 g/mol. The molecular formula is C8H9BN3O3. The molecule has 0 aliphatic rings. The van der Waals surface area contributed by atoms with Gasteiger partial charge in [0, 0.05) is 0 Å². The molecule has 1 rings (SSSR count). The molecule has 0 unspecified atom stereocenters. The van der Waals surface area contributed by atoms with Crippen molar-refractivity contribution in [3.8, 4) is 5.75 Å². The Labute approximate surface area is 87.2 Å². The predicted octanol–water partition coefficient (Wildman–Crippen LogP) is 0.283. The molecule has 0 amide bonds. The van der Waals surface area contributed by atoms with E-state index in [9.17, 15) is 4.79 Å². The summed E-state index contributed by atoms with van der Waals surface area (Å²) in [7, 11) is 6.10. The number of anilines is 2. The maximum absolute atomic E-state index is 11.3. The van der Waals surface area contributed by atoms with E-state index in [1.54, 1.807) is 0 Å². The zero-order chi connectivity index (χ0) is 11.4. The van der Waals surface area contributed by atoms with E-state index in [4.69, 9.17) is 23.8 Å². The minimum absolute atomic E-state index is 0.110. The second-order valence-electron chi connectivity index (χ2n) is 2.67. The average molecular weight is 206 g/mol. The van der Waals surface area contributed by atoms with Crippen LogP contribution in [0.3, 0.4) is 0 Å². The zero-order valence-corrected chi connectivity index (χ0v) is 8.06. The van der Waals surface area contributed by atoms with Crippen LogP contribution in [0.15, 0.2) is 17.2 Å². The van der Waals surface area contributed by atoms with Crippen molar-refractivity contribution in [3.63, 3.8) is 0 Å². The molecule has 0 saturated carbocycles. The number of hydrogen-bond acceptors (Lipinski definition) is 6. The van der Waals surface area contributed by atoms with Crippen LogP contribution in [0.2, 0.25) is 0 Å². The standard InChI is InChI=1S/C8H9BN3O3/c1-14-7-3-6(11)5(10)2-4(7)8(13)15-12-9/h2-3H,10-11H2,1H3. The summed E-state index contributed by atoms with van der Waals surface area (Å²) in [6, 6.07) is 2.75. The topological polar surface area (TPSA) is 99.9 Å². The number of methoxy groups -OCH3 is 1. The molecule has 77 valence electrons. The second-order valence-corrected chi connectivity index (χ2v) is 2.67. The van der Waals surface area contributed by atoms with Crippen LogP contribution in [0.1, 0.15) is 10.4 Å². The number of rotatable bonds is 3. The van der Waals surface area contributed by atoms with Crippen LogP contribution in [-0.4, -0.2) is 20.7 Å². The first-order valence-electron chi connectivity index (χ1n) is 3.94. The molecule has 0 aromatic heterocycles. The summed E-state index contributed by atoms with van der Waals surface area (Å²) in [5, 5.41) is 2.76. The van der Waals surface area contributed by atoms with Gasteiger partial charge in [-0.05, 0) is 0 Å². The predicted molar refractivity (Wildman–Crippen MR) is 55.4 cm³/mol. The summed E-state index contributed by atoms with van der Waals surface area (Å²) in [6.45, 7) is 0. The molecule has 0 fully saturated rings. The Morgan fingerprint density at radius 3 is 2.53 bits per heavy atom. The quantitative estimate of drug-likeness (QED) is 0.420. The van der Waals surface area contributed by atoms with Crippen LogP contribution in [0.4, 0.5) is 11.4 Å². The van der Waals surface area contributed by atoms with E-state index in [-0.39, 0.29) is 17.0 Å². The number of hydrogen-bond donors (Lipinski definition) is 2. The monoisotopic (exact) mass is 206 g/mol. The van der Waals surface area contributed by atoms with Crippen molar-refractivity contribution < 1.29 is 14.4 Å². The molecule has 4 N–H and O–H groups in total. The molecule has 1 aromatic carbocycles. The van der Waals surface area contributed by atoms with Gasteiger partial charge in [-0.25, -0.2) is 0 Å². The summed E-state index contributed by atoms with van der Waals surface area (Å²) in [5.74, 6) is -0.517. The number of nitrogens with two attached hydrogens (primary N) is 2. The number of nitrogen functional groups attached to an aromatic ring is 2. The molecule has 0 heterocycles. The Hall–Kier alpha value is -2.05. The van der Waals surface area contributed by atoms with E-state index in [2.05, 4.69) is 9.90 Å². The van der Waals surface area contributed by atoms with Crippen molar-refractivity contribution in [1.82, 2.24) is 0 Å². The Balaban J connectivity index is 3.20. The third kappa shape index (κ3) is 2.25. The number of benzene rings is 1. The first-order chi connectivity index (χ1) is 7.10. The molecule has 1 aromatic rings. The normalized spacial score (nSPS) is 9.33. The third-order valence-electron chi connectivity index (χ3n) is 1.76. The molecule has 0 aliphatic heterocycles. The molecule has 0 atom stereocenters. The Bertz CT molecular complexity index is 408. The SMILES string of the molecule is [B]=NOC(=O)c1cc(N)c(N)cc1OC. The van der Waals surface area contributed by atoms with Crippen LogP contribution in [-0.2, 0) is 4.84 Å². The van der Waals surface area contributed by atoms with Crippen LogP contribution in [0.25, 0.3) is 0 Å². The number of ether oxygens (including phenoxy) is 1. The van der Waals surface area contributed by atoms with Gasteiger partial charge in [0.05, 0.1) is 0 Å². The van der Waals surface area contributed by atoms with Crippen molar-refractivity contribution >= 4 is 25.0 Å². The van der Waals surface area contributed by atoms with Crippen LogP contribution in [0, 0.1) is 0 Å². The van der Waals surface area contributed by atoms with Crippen LogP contribution >= 0.6 is 0 Å².